The Morgan fingerprint density at radius 3 is 2.69 bits per heavy atom. The molecule has 2 aromatic carbocycles. The molecule has 0 amide bonds. The zero-order valence-electron chi connectivity index (χ0n) is 20.2. The van der Waals surface area contributed by atoms with Crippen LogP contribution in [0.1, 0.15) is 58.7 Å². The van der Waals surface area contributed by atoms with Crippen LogP contribution in [0.2, 0.25) is 5.02 Å². The monoisotopic (exact) mass is 536 g/mol. The highest BCUT2D eigenvalue weighted by Crippen LogP contribution is 2.44. The maximum Gasteiger partial charge on any atom is 0.434 e. The molecule has 12 heteroatoms. The van der Waals surface area contributed by atoms with Crippen LogP contribution in [0.3, 0.4) is 0 Å². The van der Waals surface area contributed by atoms with Crippen LogP contribution < -0.4 is 10.7 Å². The number of aromatic nitrogens is 2. The van der Waals surface area contributed by atoms with Crippen LogP contribution in [0, 0.1) is 19.7 Å². The summed E-state index contributed by atoms with van der Waals surface area (Å²) in [5.74, 6) is -2.36. The number of halogens is 2. The second kappa shape index (κ2) is 10.3. The topological polar surface area (TPSA) is 120 Å². The van der Waals surface area contributed by atoms with Gasteiger partial charge in [0.2, 0.25) is 5.89 Å². The fourth-order valence-electron chi connectivity index (χ4n) is 4.65. The van der Waals surface area contributed by atoms with Gasteiger partial charge >= 0.3 is 5.76 Å². The van der Waals surface area contributed by atoms with E-state index in [2.05, 4.69) is 10.2 Å². The molecule has 3 unspecified atom stereocenters. The van der Waals surface area contributed by atoms with Crippen molar-refractivity contribution in [2.45, 2.75) is 44.6 Å². The summed E-state index contributed by atoms with van der Waals surface area (Å²) in [5.41, 5.74) is 2.54. The Morgan fingerprint density at radius 1 is 1.36 bits per heavy atom. The lowest BCUT2D eigenvalue weighted by atomic mass is 9.87. The Balaban J connectivity index is 1.94. The van der Waals surface area contributed by atoms with Crippen molar-refractivity contribution in [3.63, 3.8) is 0 Å². The molecule has 0 saturated heterocycles. The smallest absolute Gasteiger partial charge is 0.395 e. The summed E-state index contributed by atoms with van der Waals surface area (Å²) in [6.45, 7) is 6.63. The third-order valence-electron chi connectivity index (χ3n) is 6.50. The molecular weight excluding hydrogens is 511 g/mol. The molecule has 2 heterocycles. The van der Waals surface area contributed by atoms with E-state index in [4.69, 9.17) is 16.0 Å². The van der Waals surface area contributed by atoms with Crippen LogP contribution in [0.15, 0.2) is 38.4 Å². The number of H-pyrrole nitrogens is 1. The highest BCUT2D eigenvalue weighted by Gasteiger charge is 2.42. The summed E-state index contributed by atoms with van der Waals surface area (Å²) in [6.07, 6.45) is 0. The van der Waals surface area contributed by atoms with E-state index in [1.165, 1.54) is 23.4 Å². The fraction of sp³-hybridized carbons (Fsp3) is 0.375. The maximum absolute atomic E-state index is 15.2. The number of Topliss-reactive ketones (excluding diaryl/α,β-unsaturated/α-hetero) is 1. The Bertz CT molecular complexity index is 1410. The maximum atomic E-state index is 15.2. The van der Waals surface area contributed by atoms with E-state index in [1.807, 2.05) is 6.92 Å². The van der Waals surface area contributed by atoms with Gasteiger partial charge < -0.3 is 14.4 Å². The lowest BCUT2D eigenvalue weighted by Crippen LogP contribution is -2.48. The molecule has 3 aromatic rings. The quantitative estimate of drug-likeness (QED) is 0.442. The number of aliphatic hydroxyl groups excluding tert-OH is 1. The lowest BCUT2D eigenvalue weighted by Gasteiger charge is -2.42. The standard InChI is InChI=1S/C24H26ClFN4O5S/c1-12-5-6-18(26)20(13(12)2)14(3)21(23-27-28-24(33)35-23)30-11-29(7-8-31)19-10-16(25)9-17(15(4)32)22(19)36(30)34/h5-6,9-10,14,21,31H,7-8,11H2,1-4H3,(H,28,33). The molecule has 0 radical (unpaired) electrons. The number of benzene rings is 2. The minimum absolute atomic E-state index is 0.00405. The zero-order valence-corrected chi connectivity index (χ0v) is 21.7. The Hall–Kier alpha value is -2.86. The van der Waals surface area contributed by atoms with Gasteiger partial charge in [0.25, 0.3) is 0 Å². The number of carbonyl (C=O) groups is 1. The first-order valence-corrected chi connectivity index (χ1v) is 12.7. The predicted octanol–water partition coefficient (Wildman–Crippen LogP) is 3.61. The molecule has 1 aliphatic heterocycles. The Morgan fingerprint density at radius 2 is 2.08 bits per heavy atom. The van der Waals surface area contributed by atoms with Crippen molar-refractivity contribution in [2.75, 3.05) is 24.7 Å². The Kier molecular flexibility index (Phi) is 7.46. The molecule has 0 aliphatic carbocycles. The highest BCUT2D eigenvalue weighted by atomic mass is 35.5. The van der Waals surface area contributed by atoms with Crippen LogP contribution >= 0.6 is 11.6 Å². The zero-order chi connectivity index (χ0) is 26.3. The van der Waals surface area contributed by atoms with Gasteiger partial charge in [-0.2, -0.15) is 4.31 Å². The number of aromatic amines is 1. The predicted molar refractivity (Wildman–Crippen MR) is 133 cm³/mol. The molecule has 36 heavy (non-hydrogen) atoms. The van der Waals surface area contributed by atoms with Gasteiger partial charge in [0, 0.05) is 23.0 Å². The molecule has 192 valence electrons. The largest absolute Gasteiger partial charge is 0.434 e. The number of aryl methyl sites for hydroxylation is 1. The number of rotatable bonds is 7. The fourth-order valence-corrected chi connectivity index (χ4v) is 6.58. The van der Waals surface area contributed by atoms with E-state index in [9.17, 15) is 18.9 Å². The van der Waals surface area contributed by atoms with Crippen LogP contribution in [0.25, 0.3) is 0 Å². The van der Waals surface area contributed by atoms with E-state index in [0.717, 1.165) is 5.56 Å². The molecule has 1 aliphatic rings. The van der Waals surface area contributed by atoms with Crippen molar-refractivity contribution in [3.8, 4) is 0 Å². The SMILES string of the molecule is CC(=O)c1cc(Cl)cc2c1S(=O)N(C(c1n[nH]c(=O)o1)C(C)c1c(F)ccc(C)c1C)CN2CCO. The molecule has 9 nitrogen and oxygen atoms in total. The van der Waals surface area contributed by atoms with E-state index >= 15 is 4.39 Å². The van der Waals surface area contributed by atoms with Crippen molar-refractivity contribution in [3.05, 3.63) is 73.8 Å². The number of β-amino-alcohol motifs (C(OH)–C–C–N with tert-alkyl or cyclic N) is 1. The summed E-state index contributed by atoms with van der Waals surface area (Å²) >= 11 is 6.26. The van der Waals surface area contributed by atoms with Crippen molar-refractivity contribution in [2.24, 2.45) is 0 Å². The molecule has 3 atom stereocenters. The summed E-state index contributed by atoms with van der Waals surface area (Å²) in [4.78, 5) is 26.3. The van der Waals surface area contributed by atoms with Crippen LogP contribution in [0.5, 0.6) is 0 Å². The second-order valence-corrected chi connectivity index (χ2v) is 10.6. The van der Waals surface area contributed by atoms with Crippen molar-refractivity contribution < 1.29 is 22.9 Å². The summed E-state index contributed by atoms with van der Waals surface area (Å²) < 4.78 is 36.1. The van der Waals surface area contributed by atoms with Gasteiger partial charge in [0.1, 0.15) is 22.8 Å². The first kappa shape index (κ1) is 26.2. The minimum Gasteiger partial charge on any atom is -0.395 e. The van der Waals surface area contributed by atoms with Gasteiger partial charge in [-0.1, -0.05) is 24.6 Å². The van der Waals surface area contributed by atoms with Crippen molar-refractivity contribution >= 4 is 34.1 Å². The van der Waals surface area contributed by atoms with E-state index in [0.29, 0.717) is 16.8 Å². The third kappa shape index (κ3) is 4.63. The van der Waals surface area contributed by atoms with Crippen LogP contribution in [-0.2, 0) is 11.0 Å². The van der Waals surface area contributed by atoms with Gasteiger partial charge in [-0.25, -0.2) is 18.5 Å². The molecule has 1 aromatic heterocycles. The van der Waals surface area contributed by atoms with Gasteiger partial charge in [-0.3, -0.25) is 4.79 Å². The number of carbonyl (C=O) groups excluding carboxylic acids is 1. The average Bonchev–Trinajstić information content (AvgIpc) is 3.24. The highest BCUT2D eigenvalue weighted by molar-refractivity contribution is 7.83. The van der Waals surface area contributed by atoms with Gasteiger partial charge in [0.15, 0.2) is 5.78 Å². The van der Waals surface area contributed by atoms with Crippen molar-refractivity contribution in [1.82, 2.24) is 14.5 Å². The van der Waals surface area contributed by atoms with Gasteiger partial charge in [-0.05, 0) is 55.7 Å². The molecule has 2 N–H and O–H groups in total. The minimum atomic E-state index is -1.96. The molecule has 4 rings (SSSR count). The number of aliphatic hydroxyl groups is 1. The number of nitrogens with one attached hydrogen (secondary N) is 1. The summed E-state index contributed by atoms with van der Waals surface area (Å²) in [6, 6.07) is 5.10. The molecule has 0 fully saturated rings. The van der Waals surface area contributed by atoms with E-state index < -0.39 is 34.5 Å². The number of nitrogens with zero attached hydrogens (tertiary/aromatic N) is 3. The first-order valence-electron chi connectivity index (χ1n) is 11.2. The van der Waals surface area contributed by atoms with Crippen LogP contribution in [0.4, 0.5) is 10.1 Å². The summed E-state index contributed by atoms with van der Waals surface area (Å²) in [7, 11) is -1.96. The average molecular weight is 537 g/mol. The molecule has 0 saturated carbocycles. The van der Waals surface area contributed by atoms with E-state index in [-0.39, 0.29) is 47.0 Å². The first-order chi connectivity index (χ1) is 17.0. The number of hydrogen-bond acceptors (Lipinski definition) is 7. The van der Waals surface area contributed by atoms with Gasteiger partial charge in [-0.15, -0.1) is 5.10 Å². The van der Waals surface area contributed by atoms with Gasteiger partial charge in [0.05, 0.1) is 23.9 Å². The molecule has 0 spiro atoms. The molecule has 0 bridgehead atoms. The normalized spacial score (nSPS) is 17.6. The number of anilines is 1. The van der Waals surface area contributed by atoms with Crippen LogP contribution in [-0.4, -0.2) is 49.4 Å². The number of ketones is 1. The molecular formula is C24H26ClFN4O5S. The third-order valence-corrected chi connectivity index (χ3v) is 8.27. The van der Waals surface area contributed by atoms with Crippen molar-refractivity contribution in [1.29, 1.82) is 0 Å². The van der Waals surface area contributed by atoms with E-state index in [1.54, 1.807) is 30.9 Å². The second-order valence-electron chi connectivity index (χ2n) is 8.74. The lowest BCUT2D eigenvalue weighted by molar-refractivity contribution is 0.101. The summed E-state index contributed by atoms with van der Waals surface area (Å²) in [5, 5.41) is 16.2. The Labute approximate surface area is 214 Å². The number of hydrogen-bond donors (Lipinski definition) is 2. The number of fused-ring (bicyclic) bond motifs is 1.